The van der Waals surface area contributed by atoms with E-state index in [-0.39, 0.29) is 31.5 Å². The van der Waals surface area contributed by atoms with E-state index in [0.717, 1.165) is 47.9 Å². The van der Waals surface area contributed by atoms with Gasteiger partial charge in [0.2, 0.25) is 0 Å². The normalized spacial score (nSPS) is 19.8. The molecule has 8 nitrogen and oxygen atoms in total. The number of aromatic amines is 1. The molecular weight excluding hydrogens is 585 g/mol. The predicted octanol–water partition coefficient (Wildman–Crippen LogP) is 7.08. The van der Waals surface area contributed by atoms with Gasteiger partial charge in [-0.1, -0.05) is 60.1 Å². The van der Waals surface area contributed by atoms with Gasteiger partial charge >= 0.3 is 12.3 Å². The zero-order valence-electron chi connectivity index (χ0n) is 23.1. The number of H-pyrrole nitrogens is 1. The molecule has 2 aromatic heterocycles. The SMILES string of the molecule is O=C(O)CC1CCC(Oc2nc3nc(-c4ccc(-c5ccc(CN6CC(OC(F)(F)F)C6)cc5)cc4)c(Cl)cc3[nH]2)CC1. The number of halogens is 4. The van der Waals surface area contributed by atoms with E-state index in [4.69, 9.17) is 21.4 Å². The maximum absolute atomic E-state index is 12.3. The number of benzene rings is 2. The highest BCUT2D eigenvalue weighted by Crippen LogP contribution is 2.33. The van der Waals surface area contributed by atoms with Gasteiger partial charge in [0, 0.05) is 31.6 Å². The molecule has 3 heterocycles. The number of carboxylic acids is 1. The molecule has 2 aliphatic rings. The van der Waals surface area contributed by atoms with Crippen LogP contribution in [0.25, 0.3) is 33.5 Å². The standard InChI is InChI=1S/C31H30ClF3N4O4/c32-25-14-26-29(38-30(36-26)42-23-11-3-18(4-12-23)13-27(40)41)37-28(25)22-9-7-21(8-10-22)20-5-1-19(2-6-20)15-39-16-24(17-39)43-31(33,34)35/h1-2,5-10,14,18,23-24H,3-4,11-13,15-17H2,(H,40,41)(H,36,37,38). The Hall–Kier alpha value is -3.67. The zero-order valence-corrected chi connectivity index (χ0v) is 23.9. The van der Waals surface area contributed by atoms with Crippen molar-refractivity contribution < 1.29 is 32.5 Å². The average Bonchev–Trinajstić information content (AvgIpc) is 3.33. The maximum atomic E-state index is 12.3. The summed E-state index contributed by atoms with van der Waals surface area (Å²) in [7, 11) is 0. The van der Waals surface area contributed by atoms with Crippen LogP contribution in [0.4, 0.5) is 13.2 Å². The molecule has 1 aliphatic carbocycles. The monoisotopic (exact) mass is 614 g/mol. The molecule has 0 bridgehead atoms. The van der Waals surface area contributed by atoms with Crippen LogP contribution in [0.5, 0.6) is 6.01 Å². The van der Waals surface area contributed by atoms with Crippen LogP contribution in [0.2, 0.25) is 5.02 Å². The van der Waals surface area contributed by atoms with Crippen LogP contribution in [0.15, 0.2) is 54.6 Å². The number of pyridine rings is 1. The van der Waals surface area contributed by atoms with Crippen LogP contribution in [-0.2, 0) is 16.1 Å². The highest BCUT2D eigenvalue weighted by atomic mass is 35.5. The van der Waals surface area contributed by atoms with Gasteiger partial charge in [0.1, 0.15) is 6.10 Å². The van der Waals surface area contributed by atoms with E-state index in [0.29, 0.717) is 34.4 Å². The van der Waals surface area contributed by atoms with Crippen LogP contribution >= 0.6 is 11.6 Å². The number of aliphatic carboxylic acids is 1. The molecule has 1 saturated heterocycles. The first-order chi connectivity index (χ1) is 20.6. The molecular formula is C31H30ClF3N4O4. The van der Waals surface area contributed by atoms with Gasteiger partial charge in [-0.25, -0.2) is 4.98 Å². The summed E-state index contributed by atoms with van der Waals surface area (Å²) in [4.78, 5) is 25.2. The molecule has 6 rings (SSSR count). The Bertz CT molecular complexity index is 1580. The van der Waals surface area contributed by atoms with Gasteiger partial charge in [-0.05, 0) is 54.4 Å². The second-order valence-corrected chi connectivity index (χ2v) is 11.7. The molecule has 0 spiro atoms. The molecule has 226 valence electrons. The lowest BCUT2D eigenvalue weighted by Crippen LogP contribution is -2.53. The third-order valence-corrected chi connectivity index (χ3v) is 8.30. The van der Waals surface area contributed by atoms with Gasteiger partial charge in [0.05, 0.1) is 22.3 Å². The van der Waals surface area contributed by atoms with Crippen molar-refractivity contribution in [3.05, 3.63) is 65.2 Å². The van der Waals surface area contributed by atoms with Crippen LogP contribution in [-0.4, -0.2) is 62.6 Å². The number of alkyl halides is 3. The summed E-state index contributed by atoms with van der Waals surface area (Å²) in [6.45, 7) is 1.08. The number of carboxylic acid groups (broad SMARTS) is 1. The van der Waals surface area contributed by atoms with Crippen LogP contribution < -0.4 is 4.74 Å². The molecule has 0 atom stereocenters. The van der Waals surface area contributed by atoms with Crippen LogP contribution in [0.1, 0.15) is 37.7 Å². The molecule has 4 aromatic rings. The fourth-order valence-electron chi connectivity index (χ4n) is 5.81. The molecule has 0 unspecified atom stereocenters. The van der Waals surface area contributed by atoms with Crippen molar-refractivity contribution in [2.45, 2.75) is 57.2 Å². The molecule has 0 amide bonds. The highest BCUT2D eigenvalue weighted by molar-refractivity contribution is 6.33. The number of hydrogen-bond donors (Lipinski definition) is 2. The number of likely N-dealkylation sites (tertiary alicyclic amines) is 1. The summed E-state index contributed by atoms with van der Waals surface area (Å²) in [5, 5.41) is 9.49. The summed E-state index contributed by atoms with van der Waals surface area (Å²) in [6.07, 6.45) is -2.02. The number of nitrogens with zero attached hydrogens (tertiary/aromatic N) is 3. The van der Waals surface area contributed by atoms with Gasteiger partial charge in [0.25, 0.3) is 6.01 Å². The molecule has 1 saturated carbocycles. The fourth-order valence-corrected chi connectivity index (χ4v) is 6.07. The molecule has 2 aromatic carbocycles. The number of fused-ring (bicyclic) bond motifs is 1. The topological polar surface area (TPSA) is 101 Å². The minimum Gasteiger partial charge on any atom is -0.481 e. The van der Waals surface area contributed by atoms with E-state index in [1.807, 2.05) is 53.4 Å². The number of rotatable bonds is 9. The van der Waals surface area contributed by atoms with Crippen LogP contribution in [0, 0.1) is 5.92 Å². The number of imidazole rings is 1. The predicted molar refractivity (Wildman–Crippen MR) is 155 cm³/mol. The number of nitrogens with one attached hydrogen (secondary N) is 1. The Labute approximate surface area is 250 Å². The Kier molecular flexibility index (Phi) is 8.30. The summed E-state index contributed by atoms with van der Waals surface area (Å²) in [5.41, 5.74) is 5.63. The van der Waals surface area contributed by atoms with E-state index in [9.17, 15) is 18.0 Å². The molecule has 2 N–H and O–H groups in total. The molecule has 1 aliphatic heterocycles. The quantitative estimate of drug-likeness (QED) is 0.208. The lowest BCUT2D eigenvalue weighted by Gasteiger charge is -2.39. The third kappa shape index (κ3) is 7.29. The smallest absolute Gasteiger partial charge is 0.481 e. The second-order valence-electron chi connectivity index (χ2n) is 11.2. The van der Waals surface area contributed by atoms with E-state index in [1.54, 1.807) is 6.07 Å². The van der Waals surface area contributed by atoms with Gasteiger partial charge in [-0.15, -0.1) is 13.2 Å². The Morgan fingerprint density at radius 2 is 1.58 bits per heavy atom. The lowest BCUT2D eigenvalue weighted by atomic mass is 9.85. The van der Waals surface area contributed by atoms with E-state index in [2.05, 4.69) is 19.7 Å². The first-order valence-corrected chi connectivity index (χ1v) is 14.6. The number of hydrogen-bond acceptors (Lipinski definition) is 6. The minimum atomic E-state index is -4.59. The van der Waals surface area contributed by atoms with Gasteiger partial charge < -0.3 is 14.8 Å². The minimum absolute atomic E-state index is 0.0249. The Balaban J connectivity index is 1.07. The van der Waals surface area contributed by atoms with Crippen molar-refractivity contribution in [1.82, 2.24) is 19.9 Å². The first kappa shape index (κ1) is 29.4. The number of ether oxygens (including phenoxy) is 2. The molecule has 2 fully saturated rings. The van der Waals surface area contributed by atoms with Crippen molar-refractivity contribution in [1.29, 1.82) is 0 Å². The maximum Gasteiger partial charge on any atom is 0.522 e. The van der Waals surface area contributed by atoms with Crippen molar-refractivity contribution >= 4 is 28.7 Å². The van der Waals surface area contributed by atoms with E-state index < -0.39 is 18.4 Å². The summed E-state index contributed by atoms with van der Waals surface area (Å²) < 4.78 is 47.1. The van der Waals surface area contributed by atoms with Gasteiger partial charge in [-0.3, -0.25) is 14.4 Å². The summed E-state index contributed by atoms with van der Waals surface area (Å²) in [6, 6.07) is 18.0. The Morgan fingerprint density at radius 1 is 0.953 bits per heavy atom. The zero-order chi connectivity index (χ0) is 30.1. The van der Waals surface area contributed by atoms with Crippen molar-refractivity contribution in [3.63, 3.8) is 0 Å². The van der Waals surface area contributed by atoms with Crippen molar-refractivity contribution in [2.75, 3.05) is 13.1 Å². The Morgan fingerprint density at radius 3 is 2.21 bits per heavy atom. The number of aromatic nitrogens is 3. The van der Waals surface area contributed by atoms with Gasteiger partial charge in [0.15, 0.2) is 5.65 Å². The third-order valence-electron chi connectivity index (χ3n) is 8.02. The average molecular weight is 615 g/mol. The number of carbonyl (C=O) groups is 1. The molecule has 43 heavy (non-hydrogen) atoms. The second kappa shape index (κ2) is 12.1. The van der Waals surface area contributed by atoms with Gasteiger partial charge in [-0.2, -0.15) is 4.98 Å². The summed E-state index contributed by atoms with van der Waals surface area (Å²) in [5.74, 6) is -0.565. The largest absolute Gasteiger partial charge is 0.522 e. The fraction of sp³-hybridized carbons (Fsp3) is 0.387. The molecule has 0 radical (unpaired) electrons. The van der Waals surface area contributed by atoms with E-state index in [1.165, 1.54) is 0 Å². The highest BCUT2D eigenvalue weighted by Gasteiger charge is 2.39. The van der Waals surface area contributed by atoms with E-state index >= 15 is 0 Å². The lowest BCUT2D eigenvalue weighted by molar-refractivity contribution is -0.355. The molecule has 12 heteroatoms. The van der Waals surface area contributed by atoms with Crippen molar-refractivity contribution in [2.24, 2.45) is 5.92 Å². The first-order valence-electron chi connectivity index (χ1n) is 14.2. The summed E-state index contributed by atoms with van der Waals surface area (Å²) >= 11 is 6.60. The van der Waals surface area contributed by atoms with Crippen molar-refractivity contribution in [3.8, 4) is 28.4 Å². The van der Waals surface area contributed by atoms with Crippen LogP contribution in [0.3, 0.4) is 0 Å².